The smallest absolute Gasteiger partial charge is 0.232 e. The van der Waals surface area contributed by atoms with Crippen molar-refractivity contribution in [1.29, 1.82) is 0 Å². The van der Waals surface area contributed by atoms with E-state index in [4.69, 9.17) is 5.73 Å². The highest BCUT2D eigenvalue weighted by Gasteiger charge is 2.29. The van der Waals surface area contributed by atoms with Crippen LogP contribution in [0.3, 0.4) is 0 Å². The zero-order valence-corrected chi connectivity index (χ0v) is 13.0. The highest BCUT2D eigenvalue weighted by Crippen LogP contribution is 2.28. The molecule has 0 spiro atoms. The van der Waals surface area contributed by atoms with E-state index in [-0.39, 0.29) is 0 Å². The standard InChI is InChI=1S/C14H26N6/c1-5-19(6-2)13-16-12(15)17-14(18-13)20-9-7-8-11(20)10(3)4/h10-11H,5-9H2,1-4H3,(H2,15,16,17,18). The van der Waals surface area contributed by atoms with Crippen molar-refractivity contribution in [1.82, 2.24) is 15.0 Å². The third kappa shape index (κ3) is 2.94. The third-order valence-electron chi connectivity index (χ3n) is 4.00. The molecule has 1 aromatic rings. The van der Waals surface area contributed by atoms with Gasteiger partial charge in [-0.25, -0.2) is 0 Å². The Morgan fingerprint density at radius 2 is 1.95 bits per heavy atom. The predicted molar refractivity (Wildman–Crippen MR) is 83.0 cm³/mol. The van der Waals surface area contributed by atoms with E-state index < -0.39 is 0 Å². The van der Waals surface area contributed by atoms with Crippen LogP contribution in [0.15, 0.2) is 0 Å². The van der Waals surface area contributed by atoms with Crippen LogP contribution in [-0.4, -0.2) is 40.6 Å². The molecular formula is C14H26N6. The number of anilines is 3. The fourth-order valence-electron chi connectivity index (χ4n) is 2.88. The second kappa shape index (κ2) is 6.24. The fourth-order valence-corrected chi connectivity index (χ4v) is 2.88. The van der Waals surface area contributed by atoms with Crippen molar-refractivity contribution >= 4 is 17.8 Å². The molecule has 2 rings (SSSR count). The van der Waals surface area contributed by atoms with Crippen LogP contribution in [0.2, 0.25) is 0 Å². The lowest BCUT2D eigenvalue weighted by molar-refractivity contribution is 0.486. The van der Waals surface area contributed by atoms with Crippen molar-refractivity contribution < 1.29 is 0 Å². The number of nitrogens with zero attached hydrogens (tertiary/aromatic N) is 5. The molecule has 1 fully saturated rings. The van der Waals surface area contributed by atoms with Gasteiger partial charge in [-0.15, -0.1) is 0 Å². The number of hydrogen-bond donors (Lipinski definition) is 1. The molecule has 1 saturated heterocycles. The van der Waals surface area contributed by atoms with Gasteiger partial charge in [0.1, 0.15) is 0 Å². The quantitative estimate of drug-likeness (QED) is 0.887. The molecule has 1 aliphatic heterocycles. The van der Waals surface area contributed by atoms with Gasteiger partial charge in [-0.05, 0) is 32.6 Å². The summed E-state index contributed by atoms with van der Waals surface area (Å²) in [6.07, 6.45) is 2.39. The molecule has 6 nitrogen and oxygen atoms in total. The third-order valence-corrected chi connectivity index (χ3v) is 4.00. The van der Waals surface area contributed by atoms with Crippen molar-refractivity contribution in [3.63, 3.8) is 0 Å². The van der Waals surface area contributed by atoms with Crippen LogP contribution < -0.4 is 15.5 Å². The van der Waals surface area contributed by atoms with Crippen LogP contribution in [0.5, 0.6) is 0 Å². The molecule has 6 heteroatoms. The summed E-state index contributed by atoms with van der Waals surface area (Å²) in [6.45, 7) is 11.4. The van der Waals surface area contributed by atoms with Gasteiger partial charge in [0.15, 0.2) is 0 Å². The molecule has 2 heterocycles. The summed E-state index contributed by atoms with van der Waals surface area (Å²) in [7, 11) is 0. The molecular weight excluding hydrogens is 252 g/mol. The lowest BCUT2D eigenvalue weighted by atomic mass is 10.0. The van der Waals surface area contributed by atoms with E-state index in [1.54, 1.807) is 0 Å². The van der Waals surface area contributed by atoms with Crippen LogP contribution in [0.4, 0.5) is 17.8 Å². The van der Waals surface area contributed by atoms with Crippen molar-refractivity contribution in [2.24, 2.45) is 5.92 Å². The number of nitrogens with two attached hydrogens (primary N) is 1. The summed E-state index contributed by atoms with van der Waals surface area (Å²) in [5.41, 5.74) is 5.88. The summed E-state index contributed by atoms with van der Waals surface area (Å²) in [4.78, 5) is 17.7. The fraction of sp³-hybridized carbons (Fsp3) is 0.786. The minimum atomic E-state index is 0.311. The average molecular weight is 278 g/mol. The first kappa shape index (κ1) is 14.8. The topological polar surface area (TPSA) is 71.2 Å². The molecule has 1 unspecified atom stereocenters. The second-order valence-corrected chi connectivity index (χ2v) is 5.61. The van der Waals surface area contributed by atoms with Crippen LogP contribution in [-0.2, 0) is 0 Å². The monoisotopic (exact) mass is 278 g/mol. The van der Waals surface area contributed by atoms with Gasteiger partial charge < -0.3 is 15.5 Å². The van der Waals surface area contributed by atoms with E-state index in [0.29, 0.717) is 23.9 Å². The molecule has 0 aromatic carbocycles. The number of nitrogen functional groups attached to an aromatic ring is 1. The Hall–Kier alpha value is -1.59. The lowest BCUT2D eigenvalue weighted by Crippen LogP contribution is -2.35. The van der Waals surface area contributed by atoms with Crippen LogP contribution >= 0.6 is 0 Å². The molecule has 0 aliphatic carbocycles. The molecule has 0 amide bonds. The first-order valence-electron chi connectivity index (χ1n) is 7.59. The van der Waals surface area contributed by atoms with Gasteiger partial charge in [0.25, 0.3) is 0 Å². The first-order valence-corrected chi connectivity index (χ1v) is 7.59. The lowest BCUT2D eigenvalue weighted by Gasteiger charge is -2.28. The molecule has 20 heavy (non-hydrogen) atoms. The van der Waals surface area contributed by atoms with Crippen LogP contribution in [0.25, 0.3) is 0 Å². The van der Waals surface area contributed by atoms with E-state index in [1.165, 1.54) is 12.8 Å². The van der Waals surface area contributed by atoms with Crippen LogP contribution in [0.1, 0.15) is 40.5 Å². The normalized spacial score (nSPS) is 18.9. The molecule has 0 saturated carbocycles. The Kier molecular flexibility index (Phi) is 4.62. The maximum absolute atomic E-state index is 5.88. The molecule has 2 N–H and O–H groups in total. The highest BCUT2D eigenvalue weighted by molar-refractivity contribution is 5.44. The van der Waals surface area contributed by atoms with E-state index in [0.717, 1.165) is 25.6 Å². The Balaban J connectivity index is 2.32. The maximum atomic E-state index is 5.88. The van der Waals surface area contributed by atoms with E-state index in [9.17, 15) is 0 Å². The number of aromatic nitrogens is 3. The van der Waals surface area contributed by atoms with E-state index in [2.05, 4.69) is 52.4 Å². The SMILES string of the molecule is CCN(CC)c1nc(N)nc(N2CCCC2C(C)C)n1. The van der Waals surface area contributed by atoms with Gasteiger partial charge in [0.05, 0.1) is 0 Å². The Morgan fingerprint density at radius 3 is 2.55 bits per heavy atom. The maximum Gasteiger partial charge on any atom is 0.232 e. The van der Waals surface area contributed by atoms with Gasteiger partial charge >= 0.3 is 0 Å². The largest absolute Gasteiger partial charge is 0.368 e. The summed E-state index contributed by atoms with van der Waals surface area (Å²) >= 11 is 0. The highest BCUT2D eigenvalue weighted by atomic mass is 15.4. The first-order chi connectivity index (χ1) is 9.56. The Labute approximate surface area is 121 Å². The zero-order valence-electron chi connectivity index (χ0n) is 13.0. The van der Waals surface area contributed by atoms with Crippen molar-refractivity contribution in [2.75, 3.05) is 35.2 Å². The average Bonchev–Trinajstić information content (AvgIpc) is 2.89. The summed E-state index contributed by atoms with van der Waals surface area (Å²) in [6, 6.07) is 0.501. The Bertz CT molecular complexity index is 443. The second-order valence-electron chi connectivity index (χ2n) is 5.61. The Morgan fingerprint density at radius 1 is 1.25 bits per heavy atom. The molecule has 0 radical (unpaired) electrons. The van der Waals surface area contributed by atoms with E-state index in [1.807, 2.05) is 0 Å². The minimum absolute atomic E-state index is 0.311. The van der Waals surface area contributed by atoms with Gasteiger partial charge in [-0.1, -0.05) is 13.8 Å². The van der Waals surface area contributed by atoms with Crippen molar-refractivity contribution in [2.45, 2.75) is 46.6 Å². The van der Waals surface area contributed by atoms with Crippen LogP contribution in [0, 0.1) is 5.92 Å². The summed E-state index contributed by atoms with van der Waals surface area (Å²) < 4.78 is 0. The minimum Gasteiger partial charge on any atom is -0.368 e. The number of hydrogen-bond acceptors (Lipinski definition) is 6. The zero-order chi connectivity index (χ0) is 14.7. The van der Waals surface area contributed by atoms with Crippen molar-refractivity contribution in [3.8, 4) is 0 Å². The van der Waals surface area contributed by atoms with E-state index >= 15 is 0 Å². The number of rotatable bonds is 5. The summed E-state index contributed by atoms with van der Waals surface area (Å²) in [5, 5.41) is 0. The van der Waals surface area contributed by atoms with Gasteiger partial charge in [-0.3, -0.25) is 0 Å². The molecule has 1 atom stereocenters. The predicted octanol–water partition coefficient (Wildman–Crippen LogP) is 1.92. The van der Waals surface area contributed by atoms with Crippen molar-refractivity contribution in [3.05, 3.63) is 0 Å². The molecule has 1 aromatic heterocycles. The molecule has 0 bridgehead atoms. The molecule has 1 aliphatic rings. The van der Waals surface area contributed by atoms with Gasteiger partial charge in [0.2, 0.25) is 17.8 Å². The van der Waals surface area contributed by atoms with Gasteiger partial charge in [0, 0.05) is 25.7 Å². The molecule has 112 valence electrons. The summed E-state index contributed by atoms with van der Waals surface area (Å²) in [5.74, 6) is 2.32. The van der Waals surface area contributed by atoms with Gasteiger partial charge in [-0.2, -0.15) is 15.0 Å².